The molecule has 1 aromatic heterocycles. The van der Waals surface area contributed by atoms with Gasteiger partial charge < -0.3 is 14.5 Å². The number of rotatable bonds is 7. The van der Waals surface area contributed by atoms with E-state index >= 15 is 0 Å². The maximum Gasteiger partial charge on any atom is 0.374 e. The number of amides is 1. The standard InChI is InChI=1S/C24H25NO5/c1-15(2)12-17-8-10-18(11-9-17)16(3)25-23(27)14-29-24(28)22-13-20(26)19-6-4-5-7-21(19)30-22/h4-11,13,15-16H,12,14H2,1-3H3,(H,25,27)/t16-/m0/s1. The molecule has 0 saturated carbocycles. The van der Waals surface area contributed by atoms with Crippen LogP contribution in [-0.4, -0.2) is 18.5 Å². The quantitative estimate of drug-likeness (QED) is 0.598. The lowest BCUT2D eigenvalue weighted by atomic mass is 10.00. The molecule has 1 amide bonds. The first-order chi connectivity index (χ1) is 14.3. The fourth-order valence-corrected chi connectivity index (χ4v) is 3.19. The molecule has 156 valence electrons. The Kier molecular flexibility index (Phi) is 6.67. The lowest BCUT2D eigenvalue weighted by Gasteiger charge is -2.15. The number of fused-ring (bicyclic) bond motifs is 1. The van der Waals surface area contributed by atoms with Gasteiger partial charge in [0.1, 0.15) is 5.58 Å². The van der Waals surface area contributed by atoms with E-state index in [1.54, 1.807) is 24.3 Å². The summed E-state index contributed by atoms with van der Waals surface area (Å²) < 4.78 is 10.4. The molecule has 3 aromatic rings. The summed E-state index contributed by atoms with van der Waals surface area (Å²) in [4.78, 5) is 36.4. The molecule has 3 rings (SSSR count). The van der Waals surface area contributed by atoms with Gasteiger partial charge in [-0.2, -0.15) is 0 Å². The molecule has 0 radical (unpaired) electrons. The van der Waals surface area contributed by atoms with Crippen molar-refractivity contribution in [3.63, 3.8) is 0 Å². The molecule has 0 aliphatic carbocycles. The molecular formula is C24H25NO5. The van der Waals surface area contributed by atoms with Crippen LogP contribution in [0.25, 0.3) is 11.0 Å². The van der Waals surface area contributed by atoms with E-state index in [2.05, 4.69) is 31.3 Å². The molecular weight excluding hydrogens is 382 g/mol. The van der Waals surface area contributed by atoms with Crippen LogP contribution in [-0.2, 0) is 16.0 Å². The molecule has 0 unspecified atom stereocenters. The highest BCUT2D eigenvalue weighted by Crippen LogP contribution is 2.16. The summed E-state index contributed by atoms with van der Waals surface area (Å²) >= 11 is 0. The molecule has 1 atom stereocenters. The van der Waals surface area contributed by atoms with Crippen molar-refractivity contribution in [2.75, 3.05) is 6.61 Å². The highest BCUT2D eigenvalue weighted by molar-refractivity contribution is 5.90. The Morgan fingerprint density at radius 3 is 2.43 bits per heavy atom. The molecule has 0 spiro atoms. The van der Waals surface area contributed by atoms with Crippen molar-refractivity contribution >= 4 is 22.8 Å². The van der Waals surface area contributed by atoms with Crippen LogP contribution in [0.5, 0.6) is 0 Å². The normalized spacial score (nSPS) is 12.0. The third-order valence-electron chi connectivity index (χ3n) is 4.67. The largest absolute Gasteiger partial charge is 0.450 e. The second-order valence-corrected chi connectivity index (χ2v) is 7.68. The van der Waals surface area contributed by atoms with E-state index in [0.29, 0.717) is 11.3 Å². The van der Waals surface area contributed by atoms with Gasteiger partial charge in [-0.3, -0.25) is 9.59 Å². The third kappa shape index (κ3) is 5.35. The van der Waals surface area contributed by atoms with Crippen molar-refractivity contribution in [3.05, 3.63) is 81.7 Å². The molecule has 1 N–H and O–H groups in total. The molecule has 30 heavy (non-hydrogen) atoms. The van der Waals surface area contributed by atoms with Crippen LogP contribution in [0.4, 0.5) is 0 Å². The highest BCUT2D eigenvalue weighted by Gasteiger charge is 2.16. The highest BCUT2D eigenvalue weighted by atomic mass is 16.5. The van der Waals surface area contributed by atoms with Gasteiger partial charge in [-0.05, 0) is 42.5 Å². The molecule has 2 aromatic carbocycles. The predicted octanol–water partition coefficient (Wildman–Crippen LogP) is 4.03. The van der Waals surface area contributed by atoms with Gasteiger partial charge in [0.2, 0.25) is 5.76 Å². The Labute approximate surface area is 174 Å². The van der Waals surface area contributed by atoms with E-state index < -0.39 is 18.5 Å². The zero-order chi connectivity index (χ0) is 21.7. The number of esters is 1. The lowest BCUT2D eigenvalue weighted by molar-refractivity contribution is -0.124. The van der Waals surface area contributed by atoms with Crippen LogP contribution in [0.3, 0.4) is 0 Å². The molecule has 0 aliphatic heterocycles. The monoisotopic (exact) mass is 407 g/mol. The molecule has 6 heteroatoms. The molecule has 0 fully saturated rings. The Hall–Kier alpha value is -3.41. The van der Waals surface area contributed by atoms with Crippen molar-refractivity contribution in [3.8, 4) is 0 Å². The summed E-state index contributed by atoms with van der Waals surface area (Å²) in [6.45, 7) is 5.73. The van der Waals surface area contributed by atoms with E-state index in [-0.39, 0.29) is 22.8 Å². The number of hydrogen-bond acceptors (Lipinski definition) is 5. The molecule has 0 aliphatic rings. The second-order valence-electron chi connectivity index (χ2n) is 7.68. The average Bonchev–Trinajstić information content (AvgIpc) is 2.72. The maximum atomic E-state index is 12.2. The molecule has 1 heterocycles. The number of ether oxygens (including phenoxy) is 1. The van der Waals surface area contributed by atoms with Crippen molar-refractivity contribution in [2.24, 2.45) is 5.92 Å². The second kappa shape index (κ2) is 9.39. The van der Waals surface area contributed by atoms with Crippen molar-refractivity contribution in [1.82, 2.24) is 5.32 Å². The first kappa shape index (κ1) is 21.3. The molecule has 0 saturated heterocycles. The summed E-state index contributed by atoms with van der Waals surface area (Å²) in [6, 6.07) is 15.5. The lowest BCUT2D eigenvalue weighted by Crippen LogP contribution is -2.31. The number of carbonyl (C=O) groups is 2. The van der Waals surface area contributed by atoms with E-state index in [1.165, 1.54) is 5.56 Å². The number of nitrogens with one attached hydrogen (secondary N) is 1. The van der Waals surface area contributed by atoms with E-state index in [9.17, 15) is 14.4 Å². The zero-order valence-corrected chi connectivity index (χ0v) is 17.3. The van der Waals surface area contributed by atoms with Gasteiger partial charge in [0.25, 0.3) is 5.91 Å². The number of carbonyl (C=O) groups excluding carboxylic acids is 2. The summed E-state index contributed by atoms with van der Waals surface area (Å²) in [5, 5.41) is 3.17. The SMILES string of the molecule is CC(C)Cc1ccc([C@H](C)NC(=O)COC(=O)c2cc(=O)c3ccccc3o2)cc1. The van der Waals surface area contributed by atoms with Crippen molar-refractivity contribution in [1.29, 1.82) is 0 Å². The van der Waals surface area contributed by atoms with E-state index in [0.717, 1.165) is 18.1 Å². The Morgan fingerprint density at radius 2 is 1.73 bits per heavy atom. The topological polar surface area (TPSA) is 85.6 Å². The van der Waals surface area contributed by atoms with Gasteiger partial charge in [0.15, 0.2) is 12.0 Å². The van der Waals surface area contributed by atoms with Gasteiger partial charge in [-0.1, -0.05) is 50.2 Å². The Bertz CT molecular complexity index is 1100. The molecule has 0 bridgehead atoms. The van der Waals surface area contributed by atoms with Gasteiger partial charge in [-0.15, -0.1) is 0 Å². The minimum atomic E-state index is -0.862. The van der Waals surface area contributed by atoms with Crippen LogP contribution in [0, 0.1) is 5.92 Å². The minimum absolute atomic E-state index is 0.233. The van der Waals surface area contributed by atoms with Crippen LogP contribution in [0.15, 0.2) is 63.8 Å². The Balaban J connectivity index is 1.56. The van der Waals surface area contributed by atoms with Crippen LogP contribution in [0.2, 0.25) is 0 Å². The first-order valence-corrected chi connectivity index (χ1v) is 9.91. The zero-order valence-electron chi connectivity index (χ0n) is 17.3. The summed E-state index contributed by atoms with van der Waals surface area (Å²) in [5.41, 5.74) is 2.15. The van der Waals surface area contributed by atoms with Gasteiger partial charge in [0.05, 0.1) is 11.4 Å². The average molecular weight is 407 g/mol. The number of hydrogen-bond donors (Lipinski definition) is 1. The third-order valence-corrected chi connectivity index (χ3v) is 4.67. The fraction of sp³-hybridized carbons (Fsp3) is 0.292. The molecule has 6 nitrogen and oxygen atoms in total. The number of benzene rings is 2. The van der Waals surface area contributed by atoms with Gasteiger partial charge in [-0.25, -0.2) is 4.79 Å². The predicted molar refractivity (Wildman–Crippen MR) is 114 cm³/mol. The van der Waals surface area contributed by atoms with Crippen LogP contribution in [0.1, 0.15) is 48.5 Å². The van der Waals surface area contributed by atoms with Crippen molar-refractivity contribution in [2.45, 2.75) is 33.2 Å². The summed E-state index contributed by atoms with van der Waals surface area (Å²) in [7, 11) is 0. The van der Waals surface area contributed by atoms with E-state index in [1.807, 2.05) is 19.1 Å². The fourth-order valence-electron chi connectivity index (χ4n) is 3.19. The number of para-hydroxylation sites is 1. The smallest absolute Gasteiger partial charge is 0.374 e. The van der Waals surface area contributed by atoms with Crippen LogP contribution < -0.4 is 10.7 Å². The van der Waals surface area contributed by atoms with Crippen LogP contribution >= 0.6 is 0 Å². The summed E-state index contributed by atoms with van der Waals surface area (Å²) in [5.74, 6) is -0.959. The Morgan fingerprint density at radius 1 is 1.03 bits per heavy atom. The summed E-state index contributed by atoms with van der Waals surface area (Å²) in [6.07, 6.45) is 1.00. The first-order valence-electron chi connectivity index (χ1n) is 9.91. The van der Waals surface area contributed by atoms with Gasteiger partial charge >= 0.3 is 5.97 Å². The maximum absolute atomic E-state index is 12.2. The van der Waals surface area contributed by atoms with E-state index in [4.69, 9.17) is 9.15 Å². The minimum Gasteiger partial charge on any atom is -0.450 e. The van der Waals surface area contributed by atoms with Gasteiger partial charge in [0, 0.05) is 6.07 Å². The van der Waals surface area contributed by atoms with Crippen molar-refractivity contribution < 1.29 is 18.7 Å².